The molecule has 0 spiro atoms. The average molecular weight is 1850 g/mol. The van der Waals surface area contributed by atoms with Crippen LogP contribution in [0.4, 0.5) is 17.6 Å². The van der Waals surface area contributed by atoms with Crippen molar-refractivity contribution in [3.8, 4) is 166 Å². The predicted molar refractivity (Wildman–Crippen MR) is 527 cm³/mol. The molecule has 22 nitrogen and oxygen atoms in total. The number of pyridine rings is 9. The molecular weight excluding hydrogens is 1730 g/mol. The number of methoxy groups -OCH3 is 12. The van der Waals surface area contributed by atoms with E-state index in [-0.39, 0.29) is 17.4 Å². The maximum atomic E-state index is 13.7. The molecule has 0 bridgehead atoms. The van der Waals surface area contributed by atoms with Crippen LogP contribution in [0.2, 0.25) is 0 Å². The molecule has 0 N–H and O–H groups in total. The third kappa shape index (κ3) is 29.5. The highest BCUT2D eigenvalue weighted by atomic mass is 19.1. The molecule has 0 atom stereocenters. The van der Waals surface area contributed by atoms with Crippen molar-refractivity contribution in [2.24, 2.45) is 0 Å². The summed E-state index contributed by atoms with van der Waals surface area (Å²) in [6.45, 7) is 20.4. The first-order chi connectivity index (χ1) is 65.6. The lowest BCUT2D eigenvalue weighted by Crippen LogP contribution is -1.96. The van der Waals surface area contributed by atoms with Crippen LogP contribution in [-0.4, -0.2) is 137 Å². The van der Waals surface area contributed by atoms with Crippen LogP contribution in [0.3, 0.4) is 0 Å². The Labute approximate surface area is 793 Å². The molecule has 0 aliphatic heterocycles. The van der Waals surface area contributed by atoms with E-state index < -0.39 is 11.8 Å². The fourth-order valence-electron chi connectivity index (χ4n) is 13.5. The Morgan fingerprint density at radius 1 is 0.228 bits per heavy atom. The Kier molecular flexibility index (Phi) is 39.9. The van der Waals surface area contributed by atoms with Crippen LogP contribution >= 0.6 is 0 Å². The summed E-state index contributed by atoms with van der Waals surface area (Å²) in [5.41, 5.74) is 23.1. The molecule has 0 aliphatic rings. The zero-order valence-electron chi connectivity index (χ0n) is 80.5. The number of aromatic nitrogens is 9. The second-order valence-corrected chi connectivity index (χ2v) is 30.0. The Hall–Kier alpha value is -16.0. The smallest absolute Gasteiger partial charge is 0.220 e. The Morgan fingerprint density at radius 3 is 0.985 bits per heavy atom. The van der Waals surface area contributed by atoms with E-state index in [4.69, 9.17) is 61.6 Å². The van der Waals surface area contributed by atoms with Gasteiger partial charge in [-0.3, -0.25) is 0 Å². The van der Waals surface area contributed by atoms with Crippen LogP contribution in [0.5, 0.6) is 75.8 Å². The number of hydrogen-bond acceptors (Lipinski definition) is 22. The Morgan fingerprint density at radius 2 is 0.566 bits per heavy atom. The zero-order valence-corrected chi connectivity index (χ0v) is 80.5. The molecule has 7 aromatic carbocycles. The van der Waals surface area contributed by atoms with Gasteiger partial charge in [-0.25, -0.2) is 58.0 Å². The van der Waals surface area contributed by atoms with Gasteiger partial charge >= 0.3 is 0 Å². The van der Waals surface area contributed by atoms with Gasteiger partial charge < -0.3 is 61.6 Å². The van der Waals surface area contributed by atoms with Gasteiger partial charge in [0.05, 0.1) is 132 Å². The highest BCUT2D eigenvalue weighted by molar-refractivity contribution is 5.72. The lowest BCUT2D eigenvalue weighted by molar-refractivity contribution is 0.327. The maximum Gasteiger partial charge on any atom is 0.220 e. The van der Waals surface area contributed by atoms with Gasteiger partial charge in [-0.1, -0.05) is 78.4 Å². The van der Waals surface area contributed by atoms with E-state index in [0.29, 0.717) is 82.0 Å². The van der Waals surface area contributed by atoms with Crippen molar-refractivity contribution < 1.29 is 79.1 Å². The third-order valence-electron chi connectivity index (χ3n) is 20.8. The van der Waals surface area contributed by atoms with Crippen molar-refractivity contribution in [2.75, 3.05) is 91.9 Å². The highest BCUT2D eigenvalue weighted by Crippen LogP contribution is 2.38. The molecule has 9 aromatic heterocycles. The van der Waals surface area contributed by atoms with Gasteiger partial charge in [-0.15, -0.1) is 0 Å². The van der Waals surface area contributed by atoms with Crippen LogP contribution < -0.4 is 61.6 Å². The monoisotopic (exact) mass is 1840 g/mol. The SMILES string of the molecule is CCOc1cccc(-c2cc(F)ccc2C)n1.COc1cc(C)c(-c2cccc(OC)n2)cn1.COc1ccc(-c2cccc(OC)n2)c(C)c1.COc1ccc(C)c(-c2cccc(OC)n2)c1.COc1cccc(-c2cc(C)ccc2C)n1.COc1cccc(-c2cc(F)c(OC)cc2C)n1.COc1cccc(-c2cc(OC)c(OC)cc2C)n1.Cc1ccc(F)cc1-c1cccnc1F. The molecule has 0 saturated carbocycles. The van der Waals surface area contributed by atoms with Crippen molar-refractivity contribution in [1.82, 2.24) is 44.9 Å². The van der Waals surface area contributed by atoms with E-state index in [9.17, 15) is 17.6 Å². The van der Waals surface area contributed by atoms with Crippen molar-refractivity contribution in [1.29, 1.82) is 0 Å². The van der Waals surface area contributed by atoms with Gasteiger partial charge in [0.1, 0.15) is 23.1 Å². The molecule has 26 heteroatoms. The summed E-state index contributed by atoms with van der Waals surface area (Å²) in [6.07, 6.45) is 3.13. The first-order valence-electron chi connectivity index (χ1n) is 42.9. The second kappa shape index (κ2) is 52.3. The van der Waals surface area contributed by atoms with E-state index >= 15 is 0 Å². The minimum atomic E-state index is -0.578. The Balaban J connectivity index is 0.000000174. The van der Waals surface area contributed by atoms with E-state index in [1.807, 2.05) is 211 Å². The van der Waals surface area contributed by atoms with Gasteiger partial charge in [0.2, 0.25) is 53.0 Å². The first kappa shape index (κ1) is 104. The molecule has 0 fully saturated rings. The summed E-state index contributed by atoms with van der Waals surface area (Å²) in [6, 6.07) is 78.8. The zero-order chi connectivity index (χ0) is 98.3. The van der Waals surface area contributed by atoms with Gasteiger partial charge in [0.15, 0.2) is 23.1 Å². The summed E-state index contributed by atoms with van der Waals surface area (Å²) in [4.78, 5) is 38.4. The topological polar surface area (TPSA) is 236 Å². The second-order valence-electron chi connectivity index (χ2n) is 30.0. The van der Waals surface area contributed by atoms with Crippen molar-refractivity contribution in [3.05, 3.63) is 347 Å². The normalized spacial score (nSPS) is 10.2. The highest BCUT2D eigenvalue weighted by Gasteiger charge is 2.17. The number of rotatable bonds is 22. The minimum Gasteiger partial charge on any atom is -0.497 e. The minimum absolute atomic E-state index is 0.235. The van der Waals surface area contributed by atoms with Crippen molar-refractivity contribution in [3.63, 3.8) is 0 Å². The van der Waals surface area contributed by atoms with Gasteiger partial charge in [0.25, 0.3) is 0 Å². The number of hydrogen-bond donors (Lipinski definition) is 0. The third-order valence-corrected chi connectivity index (χ3v) is 20.8. The predicted octanol–water partition coefficient (Wildman–Crippen LogP) is 25.2. The number of nitrogens with zero attached hydrogens (tertiary/aromatic N) is 9. The fraction of sp³-hybridized carbons (Fsp3) is 0.209. The van der Waals surface area contributed by atoms with Crippen molar-refractivity contribution >= 4 is 0 Å². The summed E-state index contributed by atoms with van der Waals surface area (Å²) < 4.78 is 120. The van der Waals surface area contributed by atoms with Gasteiger partial charge in [0, 0.05) is 105 Å². The van der Waals surface area contributed by atoms with Crippen LogP contribution in [0.1, 0.15) is 57.0 Å². The molecule has 0 aliphatic carbocycles. The standard InChI is InChI=1S/C15H17NO3.C14H14FNO2.C14H14FNO.2C14H15NO2.C14H15NO.C13H14N2O2.C12H9F2N/c1-10-8-13(17-2)14(18-3)9-11(10)12-6-5-7-15(16-12)19-4;1-9-7-13(17-2)11(15)8-10(9)12-5-4-6-14(16-12)18-3;1-3-17-14-6-4-5-13(16-14)12-9-11(15)8-7-10(12)2;1-10-9-11(16-2)7-8-12(10)13-5-4-6-14(15-13)17-3;1-10-7-8-11(16-2)9-12(10)13-5-4-6-14(15-13)17-3;1-10-7-8-11(2)12(9-10)13-5-4-6-14(15-13)16-3;1-9-7-13(17-3)14-8-10(9)11-5-4-6-12(15-11)16-2;1-8-4-5-9(13)7-11(8)10-3-2-6-15-12(10)14/h5-9H,1-4H3;4-8H,1-3H3;4-9H,3H2,1-2H3;2*4-9H,1-3H3;4-9H,1-3H3;4-8H,1-3H3;2-7H,1H3. The van der Waals surface area contributed by atoms with E-state index in [1.165, 1.54) is 60.3 Å². The first-order valence-corrected chi connectivity index (χ1v) is 42.9. The number of halogens is 4. The van der Waals surface area contributed by atoms with Crippen LogP contribution in [-0.2, 0) is 0 Å². The number of ether oxygens (including phenoxy) is 13. The largest absolute Gasteiger partial charge is 0.497 e. The van der Waals surface area contributed by atoms with Gasteiger partial charge in [-0.2, -0.15) is 4.39 Å². The molecule has 704 valence electrons. The molecule has 16 rings (SSSR count). The summed E-state index contributed by atoms with van der Waals surface area (Å²) in [5, 5.41) is 0. The van der Waals surface area contributed by atoms with E-state index in [1.54, 1.807) is 134 Å². The number of aryl methyl sites for hydroxylation is 9. The molecule has 0 saturated heterocycles. The van der Waals surface area contributed by atoms with Crippen molar-refractivity contribution in [2.45, 2.75) is 69.2 Å². The quantitative estimate of drug-likeness (QED) is 0.0453. The lowest BCUT2D eigenvalue weighted by Gasteiger charge is -2.12. The molecular formula is C110H113F4N9O13. The molecule has 9 heterocycles. The van der Waals surface area contributed by atoms with Gasteiger partial charge in [-0.05, 0) is 259 Å². The molecule has 0 amide bonds. The molecule has 0 radical (unpaired) electrons. The maximum absolute atomic E-state index is 13.7. The Bertz CT molecular complexity index is 6510. The molecule has 136 heavy (non-hydrogen) atoms. The number of benzene rings is 7. The molecule has 0 unspecified atom stereocenters. The lowest BCUT2D eigenvalue weighted by atomic mass is 10.0. The van der Waals surface area contributed by atoms with Crippen LogP contribution in [0, 0.1) is 85.7 Å². The average Bonchev–Trinajstić information content (AvgIpc) is 0.781. The summed E-state index contributed by atoms with van der Waals surface area (Å²) in [5.74, 6) is 6.46. The van der Waals surface area contributed by atoms with Crippen LogP contribution in [0.25, 0.3) is 89.9 Å². The fourth-order valence-corrected chi connectivity index (χ4v) is 13.5. The van der Waals surface area contributed by atoms with E-state index in [0.717, 1.165) is 118 Å². The summed E-state index contributed by atoms with van der Waals surface area (Å²) >= 11 is 0. The van der Waals surface area contributed by atoms with E-state index in [2.05, 4.69) is 83.8 Å². The molecule has 16 aromatic rings. The summed E-state index contributed by atoms with van der Waals surface area (Å²) in [7, 11) is 19.2. The van der Waals surface area contributed by atoms with Crippen LogP contribution in [0.15, 0.2) is 273 Å².